The third-order valence-corrected chi connectivity index (χ3v) is 7.04. The van der Waals surface area contributed by atoms with Gasteiger partial charge in [-0.2, -0.15) is 5.10 Å². The van der Waals surface area contributed by atoms with Gasteiger partial charge in [-0.3, -0.25) is 4.68 Å². The molecule has 2 amide bonds. The molecule has 1 atom stereocenters. The Morgan fingerprint density at radius 3 is 2.82 bits per heavy atom. The van der Waals surface area contributed by atoms with E-state index in [1.165, 1.54) is 5.57 Å². The number of benzene rings is 1. The molecule has 1 aromatic carbocycles. The Hall–Kier alpha value is -4.43. The van der Waals surface area contributed by atoms with Crippen LogP contribution >= 0.6 is 0 Å². The van der Waals surface area contributed by atoms with Crippen molar-refractivity contribution >= 4 is 33.9 Å². The Bertz CT molecular complexity index is 1560. The lowest BCUT2D eigenvalue weighted by Crippen LogP contribution is -2.37. The Balaban J connectivity index is 1.26. The molecule has 1 aliphatic carbocycles. The molecule has 0 spiro atoms. The first-order valence-electron chi connectivity index (χ1n) is 13.1. The molecule has 0 fully saturated rings. The van der Waals surface area contributed by atoms with Crippen LogP contribution < -0.4 is 16.0 Å². The van der Waals surface area contributed by atoms with Gasteiger partial charge in [0.2, 0.25) is 0 Å². The molecule has 1 aliphatic heterocycles. The number of rotatable bonds is 6. The zero-order chi connectivity index (χ0) is 25.9. The van der Waals surface area contributed by atoms with Crippen molar-refractivity contribution in [3.8, 4) is 11.1 Å². The number of aromatic nitrogens is 4. The van der Waals surface area contributed by atoms with E-state index in [2.05, 4.69) is 69.4 Å². The topological polar surface area (TPSA) is 99.7 Å². The fraction of sp³-hybridized carbons (Fsp3) is 0.233. The molecule has 0 radical (unpaired) electrons. The number of allylic oxidation sites excluding steroid dienone is 2. The molecule has 0 saturated heterocycles. The third kappa shape index (κ3) is 4.90. The second kappa shape index (κ2) is 10.5. The number of carbonyl (C=O) groups excluding carboxylic acids is 1. The van der Waals surface area contributed by atoms with Crippen molar-refractivity contribution in [2.45, 2.75) is 32.4 Å². The summed E-state index contributed by atoms with van der Waals surface area (Å²) in [5, 5.41) is 15.3. The number of H-pyrrole nitrogens is 1. The van der Waals surface area contributed by atoms with E-state index in [0.29, 0.717) is 6.42 Å². The third-order valence-electron chi connectivity index (χ3n) is 7.04. The number of pyridine rings is 1. The van der Waals surface area contributed by atoms with Crippen LogP contribution in [0.4, 0.5) is 10.5 Å². The van der Waals surface area contributed by atoms with Crippen LogP contribution in [0, 0.1) is 0 Å². The minimum atomic E-state index is -0.218. The monoisotopic (exact) mass is 505 g/mol. The second-order valence-corrected chi connectivity index (χ2v) is 9.56. The number of aromatic amines is 1. The molecule has 4 N–H and O–H groups in total. The Labute approximate surface area is 221 Å². The van der Waals surface area contributed by atoms with E-state index < -0.39 is 0 Å². The maximum absolute atomic E-state index is 12.4. The highest BCUT2D eigenvalue weighted by molar-refractivity contribution is 5.98. The average molecular weight is 506 g/mol. The van der Waals surface area contributed by atoms with Gasteiger partial charge < -0.3 is 20.9 Å². The highest BCUT2D eigenvalue weighted by Crippen LogP contribution is 2.36. The van der Waals surface area contributed by atoms with Crippen LogP contribution in [0.15, 0.2) is 79.2 Å². The van der Waals surface area contributed by atoms with Gasteiger partial charge in [-0.25, -0.2) is 9.78 Å². The van der Waals surface area contributed by atoms with Crippen LogP contribution in [0.1, 0.15) is 31.2 Å². The van der Waals surface area contributed by atoms with Crippen molar-refractivity contribution < 1.29 is 4.79 Å². The number of para-hydroxylation sites is 1. The molecule has 3 aromatic heterocycles. The second-order valence-electron chi connectivity index (χ2n) is 9.56. The predicted octanol–water partition coefficient (Wildman–Crippen LogP) is 5.36. The van der Waals surface area contributed by atoms with Crippen molar-refractivity contribution in [3.63, 3.8) is 0 Å². The molecule has 4 aromatic rings. The predicted molar refractivity (Wildman–Crippen MR) is 153 cm³/mol. The highest BCUT2D eigenvalue weighted by Gasteiger charge is 2.20. The zero-order valence-corrected chi connectivity index (χ0v) is 21.4. The molecule has 4 heterocycles. The van der Waals surface area contributed by atoms with Crippen molar-refractivity contribution in [1.82, 2.24) is 30.4 Å². The van der Waals surface area contributed by atoms with Crippen LogP contribution in [0.2, 0.25) is 0 Å². The number of anilines is 1. The lowest BCUT2D eigenvalue weighted by atomic mass is 9.95. The van der Waals surface area contributed by atoms with Crippen LogP contribution in [0.3, 0.4) is 0 Å². The van der Waals surface area contributed by atoms with Gasteiger partial charge in [0.15, 0.2) is 0 Å². The molecule has 38 heavy (non-hydrogen) atoms. The van der Waals surface area contributed by atoms with E-state index in [4.69, 9.17) is 5.10 Å². The summed E-state index contributed by atoms with van der Waals surface area (Å²) in [6.45, 7) is 4.75. The largest absolute Gasteiger partial charge is 0.339 e. The lowest BCUT2D eigenvalue weighted by Gasteiger charge is -2.18. The first kappa shape index (κ1) is 23.9. The standard InChI is InChI=1S/C30H31N7O/c1-2-37-19-26(24-14-17-32-29-25(24)18-27(35-29)20-12-15-31-16-13-20)28(36-37)21-8-10-23(11-9-21)34-30(38)33-22-6-4-3-5-7-22/h3-10,12,14,17-19,23,31H,2,11,13,15-16H2,1H3,(H,32,35)(H2,33,34,38). The number of carbonyl (C=O) groups is 1. The Morgan fingerprint density at radius 1 is 1.16 bits per heavy atom. The first-order valence-corrected chi connectivity index (χ1v) is 13.1. The molecule has 6 rings (SSSR count). The summed E-state index contributed by atoms with van der Waals surface area (Å²) in [5.41, 5.74) is 8.28. The molecule has 8 nitrogen and oxygen atoms in total. The summed E-state index contributed by atoms with van der Waals surface area (Å²) >= 11 is 0. The van der Waals surface area contributed by atoms with Crippen LogP contribution in [0.25, 0.3) is 33.3 Å². The van der Waals surface area contributed by atoms with E-state index >= 15 is 0 Å². The van der Waals surface area contributed by atoms with Crippen LogP contribution in [-0.4, -0.2) is 44.9 Å². The van der Waals surface area contributed by atoms with E-state index in [1.54, 1.807) is 0 Å². The minimum absolute atomic E-state index is 0.0858. The van der Waals surface area contributed by atoms with E-state index in [0.717, 1.165) is 70.9 Å². The number of hydrogen-bond acceptors (Lipinski definition) is 4. The van der Waals surface area contributed by atoms with Crippen molar-refractivity contribution in [3.05, 3.63) is 90.6 Å². The summed E-state index contributed by atoms with van der Waals surface area (Å²) < 4.78 is 1.98. The Kier molecular flexibility index (Phi) is 6.62. The molecular weight excluding hydrogens is 474 g/mol. The average Bonchev–Trinajstić information content (AvgIpc) is 3.59. The molecule has 1 unspecified atom stereocenters. The van der Waals surface area contributed by atoms with Crippen molar-refractivity contribution in [1.29, 1.82) is 0 Å². The van der Waals surface area contributed by atoms with Gasteiger partial charge in [0.25, 0.3) is 0 Å². The smallest absolute Gasteiger partial charge is 0.319 e. The lowest BCUT2D eigenvalue weighted by molar-refractivity contribution is 0.250. The molecule has 8 heteroatoms. The number of fused-ring (bicyclic) bond motifs is 1. The molecule has 0 saturated carbocycles. The van der Waals surface area contributed by atoms with E-state index in [1.807, 2.05) is 47.3 Å². The SMILES string of the molecule is CCn1cc(-c2ccnc3[nH]c(C4=CCNCC4)cc23)c(C2=CCC(NC(=O)Nc3ccccc3)C=C2)n1. The van der Waals surface area contributed by atoms with Crippen LogP contribution in [0.5, 0.6) is 0 Å². The van der Waals surface area contributed by atoms with Crippen molar-refractivity contribution in [2.75, 3.05) is 18.4 Å². The normalized spacial score (nSPS) is 17.2. The zero-order valence-electron chi connectivity index (χ0n) is 21.4. The summed E-state index contributed by atoms with van der Waals surface area (Å²) in [5.74, 6) is 0. The van der Waals surface area contributed by atoms with Gasteiger partial charge in [-0.1, -0.05) is 42.5 Å². The van der Waals surface area contributed by atoms with Gasteiger partial charge in [0, 0.05) is 47.8 Å². The van der Waals surface area contributed by atoms with Crippen LogP contribution in [-0.2, 0) is 6.54 Å². The van der Waals surface area contributed by atoms with Gasteiger partial charge in [0.05, 0.1) is 11.7 Å². The number of urea groups is 1. The van der Waals surface area contributed by atoms with Gasteiger partial charge in [-0.05, 0) is 67.3 Å². The molecule has 0 bridgehead atoms. The number of hydrogen-bond donors (Lipinski definition) is 4. The van der Waals surface area contributed by atoms with Crippen molar-refractivity contribution in [2.24, 2.45) is 0 Å². The Morgan fingerprint density at radius 2 is 2.05 bits per heavy atom. The quantitative estimate of drug-likeness (QED) is 0.284. The fourth-order valence-electron chi connectivity index (χ4n) is 5.06. The van der Waals surface area contributed by atoms with Gasteiger partial charge in [0.1, 0.15) is 5.65 Å². The summed E-state index contributed by atoms with van der Waals surface area (Å²) in [4.78, 5) is 20.6. The molecule has 192 valence electrons. The first-order chi connectivity index (χ1) is 18.7. The molecular formula is C30H31N7O. The fourth-order valence-corrected chi connectivity index (χ4v) is 5.06. The molecule has 2 aliphatic rings. The summed E-state index contributed by atoms with van der Waals surface area (Å²) in [6, 6.07) is 13.4. The summed E-state index contributed by atoms with van der Waals surface area (Å²) in [6.07, 6.45) is 14.2. The summed E-state index contributed by atoms with van der Waals surface area (Å²) in [7, 11) is 0. The maximum Gasteiger partial charge on any atom is 0.319 e. The van der Waals surface area contributed by atoms with E-state index in [9.17, 15) is 4.79 Å². The van der Waals surface area contributed by atoms with Gasteiger partial charge in [-0.15, -0.1) is 0 Å². The minimum Gasteiger partial charge on any atom is -0.339 e. The van der Waals surface area contributed by atoms with Gasteiger partial charge >= 0.3 is 6.03 Å². The maximum atomic E-state index is 12.4. The number of nitrogens with zero attached hydrogens (tertiary/aromatic N) is 3. The number of amides is 2. The van der Waals surface area contributed by atoms with E-state index in [-0.39, 0.29) is 12.1 Å². The number of nitrogens with one attached hydrogen (secondary N) is 4. The number of aryl methyl sites for hydroxylation is 1. The highest BCUT2D eigenvalue weighted by atomic mass is 16.2.